The molecule has 3 heterocycles. The van der Waals surface area contributed by atoms with Crippen molar-refractivity contribution in [1.29, 1.82) is 0 Å². The molecule has 5 rings (SSSR count). The lowest BCUT2D eigenvalue weighted by molar-refractivity contribution is 0.00745. The highest BCUT2D eigenvalue weighted by molar-refractivity contribution is 5.71. The third-order valence-electron chi connectivity index (χ3n) is 8.50. The molecular weight excluding hydrogens is 436 g/mol. The lowest BCUT2D eigenvalue weighted by Crippen LogP contribution is -2.51. The van der Waals surface area contributed by atoms with E-state index in [0.29, 0.717) is 6.04 Å². The third-order valence-corrected chi connectivity index (χ3v) is 8.50. The summed E-state index contributed by atoms with van der Waals surface area (Å²) in [4.78, 5) is 10.2. The van der Waals surface area contributed by atoms with Crippen LogP contribution in [-0.2, 0) is 0 Å². The van der Waals surface area contributed by atoms with Crippen molar-refractivity contribution in [3.8, 4) is 11.5 Å². The van der Waals surface area contributed by atoms with E-state index in [9.17, 15) is 0 Å². The zero-order valence-electron chi connectivity index (χ0n) is 22.6. The molecule has 190 valence electrons. The quantitative estimate of drug-likeness (QED) is 0.647. The van der Waals surface area contributed by atoms with Gasteiger partial charge in [-0.3, -0.25) is 4.90 Å². The van der Waals surface area contributed by atoms with Gasteiger partial charge >= 0.3 is 0 Å². The molecule has 0 bridgehead atoms. The summed E-state index contributed by atoms with van der Waals surface area (Å²) >= 11 is 0. The second-order valence-corrected chi connectivity index (χ2v) is 11.1. The van der Waals surface area contributed by atoms with Gasteiger partial charge in [-0.2, -0.15) is 0 Å². The summed E-state index contributed by atoms with van der Waals surface area (Å²) in [5.41, 5.74) is 7.99. The maximum absolute atomic E-state index is 6.72. The molecule has 0 saturated carbocycles. The lowest BCUT2D eigenvalue weighted by atomic mass is 9.86. The largest absolute Gasteiger partial charge is 0.497 e. The van der Waals surface area contributed by atoms with Gasteiger partial charge in [0.15, 0.2) is 0 Å². The van der Waals surface area contributed by atoms with Crippen LogP contribution in [0.2, 0.25) is 0 Å². The highest BCUT2D eigenvalue weighted by Gasteiger charge is 2.47. The van der Waals surface area contributed by atoms with Gasteiger partial charge in [-0.1, -0.05) is 0 Å². The second kappa shape index (κ2) is 9.21. The molecule has 0 radical (unpaired) electrons. The van der Waals surface area contributed by atoms with Gasteiger partial charge in [0.05, 0.1) is 13.2 Å². The fourth-order valence-corrected chi connectivity index (χ4v) is 6.41. The first kappa shape index (κ1) is 24.3. The minimum atomic E-state index is -0.230. The number of benzene rings is 2. The molecule has 3 aliphatic rings. The van der Waals surface area contributed by atoms with Crippen molar-refractivity contribution in [3.05, 3.63) is 46.5 Å². The summed E-state index contributed by atoms with van der Waals surface area (Å²) in [5, 5.41) is 0. The average Bonchev–Trinajstić information content (AvgIpc) is 3.15. The van der Waals surface area contributed by atoms with E-state index in [1.165, 1.54) is 33.6 Å². The van der Waals surface area contributed by atoms with Gasteiger partial charge in [0, 0.05) is 69.3 Å². The van der Waals surface area contributed by atoms with E-state index in [4.69, 9.17) is 9.47 Å². The van der Waals surface area contributed by atoms with Crippen molar-refractivity contribution in [2.45, 2.75) is 46.3 Å². The summed E-state index contributed by atoms with van der Waals surface area (Å²) in [6.07, 6.45) is 0. The van der Waals surface area contributed by atoms with E-state index in [1.54, 1.807) is 7.11 Å². The fourth-order valence-electron chi connectivity index (χ4n) is 6.41. The highest BCUT2D eigenvalue weighted by Crippen LogP contribution is 2.53. The van der Waals surface area contributed by atoms with E-state index in [0.717, 1.165) is 63.9 Å². The summed E-state index contributed by atoms with van der Waals surface area (Å²) < 4.78 is 12.1. The standard InChI is InChI=1S/C29H42N4O2/c1-20-21(2)27-25(28(29(4,5)35-27)33-14-12-30(6)13-15-33)22(3)26(20)32-18-16-31(17-19-32)23-8-10-24(34-7)11-9-23/h8-11,28H,12-19H2,1-7H3. The van der Waals surface area contributed by atoms with Crippen LogP contribution < -0.4 is 19.3 Å². The van der Waals surface area contributed by atoms with Gasteiger partial charge in [0.2, 0.25) is 0 Å². The van der Waals surface area contributed by atoms with Crippen molar-refractivity contribution in [2.75, 3.05) is 76.3 Å². The predicted octanol–water partition coefficient (Wildman–Crippen LogP) is 4.41. The lowest BCUT2D eigenvalue weighted by Gasteiger charge is -2.42. The molecule has 6 nitrogen and oxygen atoms in total. The molecule has 0 amide bonds. The SMILES string of the molecule is COc1ccc(N2CCN(c3c(C)c(C)c4c(c3C)C(N3CCN(C)CC3)C(C)(C)O4)CC2)cc1. The number of anilines is 2. The first-order valence-electron chi connectivity index (χ1n) is 13.1. The molecule has 2 saturated heterocycles. The van der Waals surface area contributed by atoms with Gasteiger partial charge in [0.25, 0.3) is 0 Å². The molecule has 2 fully saturated rings. The molecule has 1 atom stereocenters. The van der Waals surface area contributed by atoms with Crippen molar-refractivity contribution >= 4 is 11.4 Å². The van der Waals surface area contributed by atoms with E-state index >= 15 is 0 Å². The van der Waals surface area contributed by atoms with Crippen LogP contribution in [0.4, 0.5) is 11.4 Å². The number of likely N-dealkylation sites (N-methyl/N-ethyl adjacent to an activating group) is 1. The number of methoxy groups -OCH3 is 1. The molecule has 2 aromatic rings. The smallest absolute Gasteiger partial charge is 0.128 e. The molecule has 1 unspecified atom stereocenters. The number of rotatable bonds is 4. The van der Waals surface area contributed by atoms with Crippen molar-refractivity contribution < 1.29 is 9.47 Å². The summed E-state index contributed by atoms with van der Waals surface area (Å²) in [5.74, 6) is 2.04. The monoisotopic (exact) mass is 478 g/mol. The number of ether oxygens (including phenoxy) is 2. The number of hydrogen-bond donors (Lipinski definition) is 0. The van der Waals surface area contributed by atoms with Gasteiger partial charge in [-0.05, 0) is 82.6 Å². The Morgan fingerprint density at radius 3 is 2.00 bits per heavy atom. The van der Waals surface area contributed by atoms with Crippen LogP contribution in [0.5, 0.6) is 11.5 Å². The Morgan fingerprint density at radius 1 is 0.800 bits per heavy atom. The number of nitrogens with zero attached hydrogens (tertiary/aromatic N) is 4. The Bertz CT molecular complexity index is 1070. The Morgan fingerprint density at radius 2 is 1.40 bits per heavy atom. The molecule has 35 heavy (non-hydrogen) atoms. The first-order valence-corrected chi connectivity index (χ1v) is 13.1. The van der Waals surface area contributed by atoms with Gasteiger partial charge < -0.3 is 24.2 Å². The molecule has 6 heteroatoms. The molecule has 2 aromatic carbocycles. The number of hydrogen-bond acceptors (Lipinski definition) is 6. The van der Waals surface area contributed by atoms with Gasteiger partial charge in [0.1, 0.15) is 17.1 Å². The van der Waals surface area contributed by atoms with Crippen molar-refractivity contribution in [1.82, 2.24) is 9.80 Å². The minimum Gasteiger partial charge on any atom is -0.497 e. The van der Waals surface area contributed by atoms with E-state index in [2.05, 4.69) is 85.5 Å². The van der Waals surface area contributed by atoms with Crippen molar-refractivity contribution in [2.24, 2.45) is 0 Å². The van der Waals surface area contributed by atoms with Crippen LogP contribution in [0.25, 0.3) is 0 Å². The number of fused-ring (bicyclic) bond motifs is 1. The highest BCUT2D eigenvalue weighted by atomic mass is 16.5. The van der Waals surface area contributed by atoms with E-state index in [1.807, 2.05) is 0 Å². The zero-order chi connectivity index (χ0) is 24.9. The van der Waals surface area contributed by atoms with Crippen LogP contribution in [-0.4, -0.2) is 81.9 Å². The zero-order valence-corrected chi connectivity index (χ0v) is 22.6. The Labute approximate surface area is 211 Å². The van der Waals surface area contributed by atoms with E-state index < -0.39 is 0 Å². The Balaban J connectivity index is 1.43. The molecule has 0 aliphatic carbocycles. The predicted molar refractivity (Wildman–Crippen MR) is 145 cm³/mol. The van der Waals surface area contributed by atoms with Crippen molar-refractivity contribution in [3.63, 3.8) is 0 Å². The summed E-state index contributed by atoms with van der Waals surface area (Å²) in [6, 6.07) is 8.75. The molecule has 0 aromatic heterocycles. The fraction of sp³-hybridized carbons (Fsp3) is 0.586. The molecular formula is C29H42N4O2. The Hall–Kier alpha value is -2.44. The average molecular weight is 479 g/mol. The normalized spacial score (nSPS) is 22.8. The maximum Gasteiger partial charge on any atom is 0.128 e. The summed E-state index contributed by atoms with van der Waals surface area (Å²) in [6.45, 7) is 19.9. The number of piperazine rings is 2. The molecule has 0 N–H and O–H groups in total. The van der Waals surface area contributed by atoms with Gasteiger partial charge in [-0.25, -0.2) is 0 Å². The molecule has 3 aliphatic heterocycles. The van der Waals surface area contributed by atoms with Crippen LogP contribution in [0.3, 0.4) is 0 Å². The van der Waals surface area contributed by atoms with Crippen LogP contribution >= 0.6 is 0 Å². The van der Waals surface area contributed by atoms with Crippen LogP contribution in [0.1, 0.15) is 42.1 Å². The minimum absolute atomic E-state index is 0.230. The molecule has 0 spiro atoms. The Kier molecular flexibility index (Phi) is 6.39. The van der Waals surface area contributed by atoms with Gasteiger partial charge in [-0.15, -0.1) is 0 Å². The topological polar surface area (TPSA) is 31.4 Å². The summed E-state index contributed by atoms with van der Waals surface area (Å²) in [7, 11) is 3.95. The van der Waals surface area contributed by atoms with Crippen LogP contribution in [0, 0.1) is 20.8 Å². The first-order chi connectivity index (χ1) is 16.7. The van der Waals surface area contributed by atoms with E-state index in [-0.39, 0.29) is 5.60 Å². The maximum atomic E-state index is 6.72. The third kappa shape index (κ3) is 4.25. The second-order valence-electron chi connectivity index (χ2n) is 11.1. The van der Waals surface area contributed by atoms with Crippen LogP contribution in [0.15, 0.2) is 24.3 Å².